The van der Waals surface area contributed by atoms with E-state index < -0.39 is 17.0 Å². The van der Waals surface area contributed by atoms with Gasteiger partial charge in [0.2, 0.25) is 0 Å². The molecule has 4 nitrogen and oxygen atoms in total. The summed E-state index contributed by atoms with van der Waals surface area (Å²) in [6.07, 6.45) is 6.18. The third-order valence-corrected chi connectivity index (χ3v) is 9.39. The highest BCUT2D eigenvalue weighted by Gasteiger charge is 2.69. The maximum atomic E-state index is 13.0. The summed E-state index contributed by atoms with van der Waals surface area (Å²) in [5.74, 6) is 0.820. The second-order valence-corrected chi connectivity index (χ2v) is 10.7. The standard InChI is InChI=1S/C25H36O4/c1-14-11-19-20(23(5)9-7-18(28)13-21(14)23)8-10-24(6)22(19)12-15(2)25(24,16(3)26)29-17(4)27/h18-20,22,28H,2,7-13H2,1,3-6H3/t18?,19?,20?,22?,23?,24?,25-/m0/s1. The first-order chi connectivity index (χ1) is 13.5. The third kappa shape index (κ3) is 2.60. The number of rotatable bonds is 2. The monoisotopic (exact) mass is 400 g/mol. The molecule has 0 saturated heterocycles. The molecule has 3 saturated carbocycles. The highest BCUT2D eigenvalue weighted by atomic mass is 16.6. The van der Waals surface area contributed by atoms with Crippen molar-refractivity contribution in [1.29, 1.82) is 0 Å². The first kappa shape index (κ1) is 20.8. The Kier molecular flexibility index (Phi) is 4.70. The fourth-order valence-corrected chi connectivity index (χ4v) is 8.17. The van der Waals surface area contributed by atoms with Crippen molar-refractivity contribution in [2.24, 2.45) is 28.6 Å². The number of Topliss-reactive ketones (excluding diaryl/α,β-unsaturated/α-hetero) is 1. The third-order valence-electron chi connectivity index (χ3n) is 9.39. The number of ether oxygens (including phenoxy) is 1. The molecule has 160 valence electrons. The van der Waals surface area contributed by atoms with Crippen LogP contribution in [0, 0.1) is 28.6 Å². The minimum atomic E-state index is -1.18. The van der Waals surface area contributed by atoms with E-state index in [1.165, 1.54) is 18.1 Å². The van der Waals surface area contributed by atoms with Crippen LogP contribution in [0.25, 0.3) is 0 Å². The van der Waals surface area contributed by atoms with E-state index in [1.54, 1.807) is 6.92 Å². The maximum Gasteiger partial charge on any atom is 0.303 e. The van der Waals surface area contributed by atoms with E-state index in [4.69, 9.17) is 4.74 Å². The number of carbonyl (C=O) groups excluding carboxylic acids is 2. The van der Waals surface area contributed by atoms with E-state index in [2.05, 4.69) is 27.4 Å². The van der Waals surface area contributed by atoms with Gasteiger partial charge in [-0.15, -0.1) is 0 Å². The molecule has 0 amide bonds. The van der Waals surface area contributed by atoms with Gasteiger partial charge in [-0.2, -0.15) is 0 Å². The van der Waals surface area contributed by atoms with Crippen molar-refractivity contribution in [3.05, 3.63) is 23.3 Å². The SMILES string of the molecule is C=C1CC2C3CC(C)=C4CC(O)CCC4(C)C3CCC2(C)[C@@]1(OC(C)=O)C(C)=O. The van der Waals surface area contributed by atoms with Crippen molar-refractivity contribution in [1.82, 2.24) is 0 Å². The number of hydrogen-bond acceptors (Lipinski definition) is 4. The summed E-state index contributed by atoms with van der Waals surface area (Å²) < 4.78 is 5.86. The van der Waals surface area contributed by atoms with E-state index in [0.29, 0.717) is 11.8 Å². The van der Waals surface area contributed by atoms with Crippen LogP contribution in [0.3, 0.4) is 0 Å². The van der Waals surface area contributed by atoms with Crippen molar-refractivity contribution < 1.29 is 19.4 Å². The Labute approximate surface area is 174 Å². The van der Waals surface area contributed by atoms with Gasteiger partial charge in [0.05, 0.1) is 6.10 Å². The highest BCUT2D eigenvalue weighted by molar-refractivity contribution is 5.92. The Balaban J connectivity index is 1.78. The molecule has 4 heteroatoms. The fraction of sp³-hybridized carbons (Fsp3) is 0.760. The zero-order valence-corrected chi connectivity index (χ0v) is 18.6. The number of esters is 1. The van der Waals surface area contributed by atoms with Gasteiger partial charge < -0.3 is 9.84 Å². The lowest BCUT2D eigenvalue weighted by molar-refractivity contribution is -0.181. The average Bonchev–Trinajstić information content (AvgIpc) is 2.85. The van der Waals surface area contributed by atoms with E-state index in [0.717, 1.165) is 50.5 Å². The minimum absolute atomic E-state index is 0.0862. The number of aliphatic hydroxyl groups excluding tert-OH is 1. The number of carbonyl (C=O) groups is 2. The molecule has 0 heterocycles. The van der Waals surface area contributed by atoms with Crippen LogP contribution in [0.15, 0.2) is 23.3 Å². The summed E-state index contributed by atoms with van der Waals surface area (Å²) in [6, 6.07) is 0. The molecule has 4 aliphatic rings. The quantitative estimate of drug-likeness (QED) is 0.536. The van der Waals surface area contributed by atoms with Crippen molar-refractivity contribution in [2.75, 3.05) is 0 Å². The average molecular weight is 401 g/mol. The lowest BCUT2D eigenvalue weighted by atomic mass is 9.45. The molecule has 0 bridgehead atoms. The van der Waals surface area contributed by atoms with E-state index in [-0.39, 0.29) is 23.2 Å². The summed E-state index contributed by atoms with van der Waals surface area (Å²) in [7, 11) is 0. The normalized spacial score (nSPS) is 46.6. The van der Waals surface area contributed by atoms with Gasteiger partial charge >= 0.3 is 5.97 Å². The number of aliphatic hydroxyl groups is 1. The second kappa shape index (κ2) is 6.54. The van der Waals surface area contributed by atoms with Gasteiger partial charge in [0.25, 0.3) is 0 Å². The Morgan fingerprint density at radius 1 is 1.07 bits per heavy atom. The Morgan fingerprint density at radius 2 is 1.76 bits per heavy atom. The summed E-state index contributed by atoms with van der Waals surface area (Å²) in [5.41, 5.74) is 2.25. The van der Waals surface area contributed by atoms with E-state index in [9.17, 15) is 14.7 Å². The van der Waals surface area contributed by atoms with E-state index in [1.807, 2.05) is 0 Å². The summed E-state index contributed by atoms with van der Waals surface area (Å²) in [4.78, 5) is 25.0. The van der Waals surface area contributed by atoms with Gasteiger partial charge in [-0.25, -0.2) is 0 Å². The molecule has 0 aromatic rings. The van der Waals surface area contributed by atoms with Crippen molar-refractivity contribution in [2.45, 2.75) is 91.3 Å². The van der Waals surface area contributed by atoms with Crippen LogP contribution in [-0.2, 0) is 14.3 Å². The molecule has 0 aromatic heterocycles. The smallest absolute Gasteiger partial charge is 0.303 e. The molecule has 1 N–H and O–H groups in total. The molecular weight excluding hydrogens is 364 g/mol. The van der Waals surface area contributed by atoms with Crippen LogP contribution in [0.5, 0.6) is 0 Å². The molecule has 0 radical (unpaired) electrons. The zero-order chi connectivity index (χ0) is 21.4. The highest BCUT2D eigenvalue weighted by Crippen LogP contribution is 2.69. The number of hydrogen-bond donors (Lipinski definition) is 1. The van der Waals surface area contributed by atoms with Gasteiger partial charge in [0, 0.05) is 12.3 Å². The van der Waals surface area contributed by atoms with Crippen LogP contribution in [0.2, 0.25) is 0 Å². The van der Waals surface area contributed by atoms with Gasteiger partial charge in [-0.3, -0.25) is 9.59 Å². The van der Waals surface area contributed by atoms with Crippen LogP contribution >= 0.6 is 0 Å². The van der Waals surface area contributed by atoms with Crippen LogP contribution in [0.4, 0.5) is 0 Å². The largest absolute Gasteiger partial charge is 0.446 e. The van der Waals surface area contributed by atoms with Crippen molar-refractivity contribution in [3.8, 4) is 0 Å². The molecule has 0 spiro atoms. The molecule has 29 heavy (non-hydrogen) atoms. The molecule has 4 rings (SSSR count). The van der Waals surface area contributed by atoms with Gasteiger partial charge in [-0.05, 0) is 87.5 Å². The summed E-state index contributed by atoms with van der Waals surface area (Å²) in [6.45, 7) is 14.0. The maximum absolute atomic E-state index is 13.0. The van der Waals surface area contributed by atoms with Crippen LogP contribution in [-0.4, -0.2) is 28.6 Å². The second-order valence-electron chi connectivity index (χ2n) is 10.7. The minimum Gasteiger partial charge on any atom is -0.446 e. The Hall–Kier alpha value is -1.42. The van der Waals surface area contributed by atoms with Gasteiger partial charge in [-0.1, -0.05) is 31.6 Å². The van der Waals surface area contributed by atoms with Crippen molar-refractivity contribution in [3.63, 3.8) is 0 Å². The molecule has 6 unspecified atom stereocenters. The summed E-state index contributed by atoms with van der Waals surface area (Å²) >= 11 is 0. The molecule has 4 aliphatic carbocycles. The first-order valence-corrected chi connectivity index (χ1v) is 11.2. The Morgan fingerprint density at radius 3 is 2.38 bits per heavy atom. The van der Waals surface area contributed by atoms with Crippen LogP contribution < -0.4 is 0 Å². The zero-order valence-electron chi connectivity index (χ0n) is 18.6. The van der Waals surface area contributed by atoms with Gasteiger partial charge in [0.1, 0.15) is 0 Å². The summed E-state index contributed by atoms with van der Waals surface area (Å²) in [5, 5.41) is 10.3. The van der Waals surface area contributed by atoms with E-state index >= 15 is 0 Å². The molecular formula is C25H36O4. The lowest BCUT2D eigenvalue weighted by Gasteiger charge is -2.59. The molecule has 7 atom stereocenters. The fourth-order valence-electron chi connectivity index (χ4n) is 8.17. The lowest BCUT2D eigenvalue weighted by Crippen LogP contribution is -2.59. The first-order valence-electron chi connectivity index (χ1n) is 11.2. The predicted molar refractivity (Wildman–Crippen MR) is 112 cm³/mol. The van der Waals surface area contributed by atoms with Crippen LogP contribution in [0.1, 0.15) is 79.6 Å². The number of fused-ring (bicyclic) bond motifs is 5. The number of allylic oxidation sites excluding steroid dienone is 1. The van der Waals surface area contributed by atoms with Crippen molar-refractivity contribution >= 4 is 11.8 Å². The molecule has 0 aromatic carbocycles. The molecule has 3 fully saturated rings. The van der Waals surface area contributed by atoms with Gasteiger partial charge in [0.15, 0.2) is 11.4 Å². The molecule has 0 aliphatic heterocycles. The predicted octanol–water partition coefficient (Wildman–Crippen LogP) is 4.76. The topological polar surface area (TPSA) is 63.6 Å². The Bertz CT molecular complexity index is 810. The number of ketones is 1.